The van der Waals surface area contributed by atoms with E-state index in [-0.39, 0.29) is 35.9 Å². The molecular weight excluding hydrogens is 538 g/mol. The summed E-state index contributed by atoms with van der Waals surface area (Å²) in [6, 6.07) is 7.57. The van der Waals surface area contributed by atoms with E-state index in [9.17, 15) is 19.5 Å². The van der Waals surface area contributed by atoms with Crippen LogP contribution in [0.1, 0.15) is 62.6 Å². The Morgan fingerprint density at radius 2 is 2.00 bits per heavy atom. The number of Topliss-reactive ketones (excluding diaryl/α,β-unsaturated/α-hetero) is 1. The van der Waals surface area contributed by atoms with E-state index in [0.29, 0.717) is 54.7 Å². The summed E-state index contributed by atoms with van der Waals surface area (Å²) in [5.74, 6) is -0.0966. The number of ether oxygens (including phenoxy) is 4. The number of hydrogen-bond donors (Lipinski definition) is 1. The number of aldehydes is 1. The Morgan fingerprint density at radius 1 is 1.19 bits per heavy atom. The minimum atomic E-state index is -1.13. The average molecular weight is 572 g/mol. The Kier molecular flexibility index (Phi) is 7.01. The van der Waals surface area contributed by atoms with Crippen molar-refractivity contribution in [3.8, 4) is 17.2 Å². The Labute approximate surface area is 243 Å². The van der Waals surface area contributed by atoms with Crippen LogP contribution in [0.25, 0.3) is 11.6 Å². The largest absolute Gasteiger partial charge is 0.496 e. The summed E-state index contributed by atoms with van der Waals surface area (Å²) < 4.78 is 23.4. The van der Waals surface area contributed by atoms with Gasteiger partial charge in [-0.15, -0.1) is 0 Å². The number of ketones is 1. The molecule has 9 heteroatoms. The van der Waals surface area contributed by atoms with Crippen LogP contribution in [0.3, 0.4) is 0 Å². The summed E-state index contributed by atoms with van der Waals surface area (Å²) in [4.78, 5) is 43.6. The molecule has 0 aromatic heterocycles. The smallest absolute Gasteiger partial charge is 0.375 e. The molecule has 4 aliphatic rings. The maximum Gasteiger partial charge on any atom is 0.375 e. The van der Waals surface area contributed by atoms with E-state index in [2.05, 4.69) is 4.99 Å². The molecule has 6 rings (SSSR count). The number of nitrogens with zero attached hydrogens (tertiary/aromatic N) is 1. The molecule has 1 saturated carbocycles. The van der Waals surface area contributed by atoms with E-state index in [1.165, 1.54) is 7.11 Å². The molecule has 2 aromatic carbocycles. The first-order valence-corrected chi connectivity index (χ1v) is 14.2. The SMILES string of the molecule is CCOC(=O)C1=C(C=O)/C(=C2\CCC(=O)[C@H](c3ccc4c(c3)=CCN=4)C2)c2c(cc3c(c2OC)C[C@@H](C(C)(C)O)O3)O1. The van der Waals surface area contributed by atoms with Crippen molar-refractivity contribution in [3.63, 3.8) is 0 Å². The Bertz CT molecular complexity index is 1710. The lowest BCUT2D eigenvalue weighted by molar-refractivity contribution is -0.141. The van der Waals surface area contributed by atoms with Gasteiger partial charge in [0.2, 0.25) is 5.76 Å². The van der Waals surface area contributed by atoms with E-state index in [1.54, 1.807) is 26.8 Å². The van der Waals surface area contributed by atoms with Gasteiger partial charge in [0.15, 0.2) is 6.29 Å². The van der Waals surface area contributed by atoms with Gasteiger partial charge in [0.05, 0.1) is 42.4 Å². The lowest BCUT2D eigenvalue weighted by atomic mass is 9.75. The number of rotatable bonds is 6. The van der Waals surface area contributed by atoms with Crippen molar-refractivity contribution < 1.29 is 38.4 Å². The standard InChI is InChI=1S/C33H33NO8/c1-5-40-32(37)31-22(16-35)28(19-7-9-24(36)20(13-19)17-6-8-23-18(12-17)10-11-34-23)29-26(42-31)15-25-21(30(29)39-4)14-27(41-25)33(2,3)38/h6,8,10,12,15-16,20,27,38H,5,7,9,11,13-14H2,1-4H3/b28-19-/t20-,27-/m0/s1. The average Bonchev–Trinajstić information content (AvgIpc) is 3.62. The zero-order valence-corrected chi connectivity index (χ0v) is 24.1. The van der Waals surface area contributed by atoms with Crippen molar-refractivity contribution in [2.75, 3.05) is 20.3 Å². The second-order valence-electron chi connectivity index (χ2n) is 11.5. The van der Waals surface area contributed by atoms with Gasteiger partial charge in [0.25, 0.3) is 0 Å². The first-order chi connectivity index (χ1) is 20.1. The third-order valence-electron chi connectivity index (χ3n) is 8.41. The van der Waals surface area contributed by atoms with Crippen LogP contribution < -0.4 is 24.8 Å². The lowest BCUT2D eigenvalue weighted by Gasteiger charge is -2.31. The number of benzene rings is 2. The molecule has 3 heterocycles. The highest BCUT2D eigenvalue weighted by Gasteiger charge is 2.42. The van der Waals surface area contributed by atoms with E-state index in [0.717, 1.165) is 27.3 Å². The van der Waals surface area contributed by atoms with Crippen molar-refractivity contribution in [3.05, 3.63) is 68.4 Å². The van der Waals surface area contributed by atoms with Crippen molar-refractivity contribution in [1.82, 2.24) is 0 Å². The fraction of sp³-hybridized carbons (Fsp3) is 0.394. The minimum Gasteiger partial charge on any atom is -0.496 e. The molecule has 3 aliphatic heterocycles. The highest BCUT2D eigenvalue weighted by atomic mass is 16.6. The predicted octanol–water partition coefficient (Wildman–Crippen LogP) is 2.88. The second-order valence-corrected chi connectivity index (χ2v) is 11.5. The van der Waals surface area contributed by atoms with E-state index in [4.69, 9.17) is 18.9 Å². The molecule has 9 nitrogen and oxygen atoms in total. The fourth-order valence-electron chi connectivity index (χ4n) is 6.29. The molecule has 0 spiro atoms. The number of esters is 1. The van der Waals surface area contributed by atoms with Gasteiger partial charge < -0.3 is 24.1 Å². The van der Waals surface area contributed by atoms with Gasteiger partial charge in [-0.2, -0.15) is 0 Å². The van der Waals surface area contributed by atoms with E-state index >= 15 is 0 Å². The van der Waals surface area contributed by atoms with Crippen LogP contribution in [0.4, 0.5) is 0 Å². The van der Waals surface area contributed by atoms with Crippen LogP contribution in [0.15, 0.2) is 46.2 Å². The number of carbonyl (C=O) groups excluding carboxylic acids is 3. The topological polar surface area (TPSA) is 121 Å². The van der Waals surface area contributed by atoms with Crippen LogP contribution in [-0.4, -0.2) is 55.1 Å². The molecule has 1 aliphatic carbocycles. The Hall–Kier alpha value is -4.24. The first kappa shape index (κ1) is 27.9. The van der Waals surface area contributed by atoms with Gasteiger partial charge in [-0.3, -0.25) is 14.6 Å². The number of fused-ring (bicyclic) bond motifs is 3. The summed E-state index contributed by atoms with van der Waals surface area (Å²) in [7, 11) is 1.53. The highest BCUT2D eigenvalue weighted by molar-refractivity contribution is 6.10. The number of aliphatic hydroxyl groups is 1. The van der Waals surface area contributed by atoms with Crippen molar-refractivity contribution >= 4 is 29.7 Å². The monoisotopic (exact) mass is 571 g/mol. The maximum atomic E-state index is 13.3. The molecule has 2 atom stereocenters. The molecule has 42 heavy (non-hydrogen) atoms. The first-order valence-electron chi connectivity index (χ1n) is 14.2. The molecule has 1 fully saturated rings. The van der Waals surface area contributed by atoms with Crippen LogP contribution in [0.2, 0.25) is 0 Å². The molecule has 2 aromatic rings. The molecule has 0 amide bonds. The van der Waals surface area contributed by atoms with Crippen LogP contribution in [0, 0.1) is 0 Å². The predicted molar refractivity (Wildman–Crippen MR) is 153 cm³/mol. The van der Waals surface area contributed by atoms with Gasteiger partial charge in [-0.05, 0) is 56.5 Å². The normalized spacial score (nSPS) is 22.6. The molecule has 0 bridgehead atoms. The van der Waals surface area contributed by atoms with Gasteiger partial charge in [-0.1, -0.05) is 17.7 Å². The van der Waals surface area contributed by atoms with Gasteiger partial charge in [0, 0.05) is 36.0 Å². The molecular formula is C33H33NO8. The fourth-order valence-corrected chi connectivity index (χ4v) is 6.29. The molecule has 0 radical (unpaired) electrons. The molecule has 0 saturated heterocycles. The summed E-state index contributed by atoms with van der Waals surface area (Å²) in [5.41, 5.74) is 2.43. The van der Waals surface area contributed by atoms with Crippen molar-refractivity contribution in [2.45, 2.75) is 64.1 Å². The molecule has 218 valence electrons. The summed E-state index contributed by atoms with van der Waals surface area (Å²) in [5, 5.41) is 12.6. The van der Waals surface area contributed by atoms with Crippen molar-refractivity contribution in [2.24, 2.45) is 4.99 Å². The number of allylic oxidation sites excluding steroid dienone is 3. The lowest BCUT2D eigenvalue weighted by Crippen LogP contribution is -2.39. The quantitative estimate of drug-likeness (QED) is 0.415. The number of carbonyl (C=O) groups is 3. The number of hydrogen-bond acceptors (Lipinski definition) is 9. The summed E-state index contributed by atoms with van der Waals surface area (Å²) in [6.07, 6.45) is 3.53. The Balaban J connectivity index is 1.55. The Morgan fingerprint density at radius 3 is 2.71 bits per heavy atom. The van der Waals surface area contributed by atoms with Crippen LogP contribution >= 0.6 is 0 Å². The molecule has 0 unspecified atom stereocenters. The number of methoxy groups -OCH3 is 1. The summed E-state index contributed by atoms with van der Waals surface area (Å²) >= 11 is 0. The summed E-state index contributed by atoms with van der Waals surface area (Å²) in [6.45, 7) is 5.74. The van der Waals surface area contributed by atoms with Gasteiger partial charge in [0.1, 0.15) is 29.1 Å². The minimum absolute atomic E-state index is 0.0568. The van der Waals surface area contributed by atoms with Gasteiger partial charge >= 0.3 is 5.97 Å². The molecule has 1 N–H and O–H groups in total. The third-order valence-corrected chi connectivity index (χ3v) is 8.41. The van der Waals surface area contributed by atoms with Crippen LogP contribution in [-0.2, 0) is 25.5 Å². The zero-order chi connectivity index (χ0) is 29.8. The zero-order valence-electron chi connectivity index (χ0n) is 24.1. The van der Waals surface area contributed by atoms with E-state index < -0.39 is 23.6 Å². The maximum absolute atomic E-state index is 13.3. The third kappa shape index (κ3) is 4.61. The highest BCUT2D eigenvalue weighted by Crippen LogP contribution is 2.53. The van der Waals surface area contributed by atoms with Crippen LogP contribution in [0.5, 0.6) is 17.2 Å². The van der Waals surface area contributed by atoms with Crippen molar-refractivity contribution in [1.29, 1.82) is 0 Å². The van der Waals surface area contributed by atoms with Gasteiger partial charge in [-0.25, -0.2) is 4.79 Å². The van der Waals surface area contributed by atoms with E-state index in [1.807, 2.05) is 24.3 Å². The second kappa shape index (κ2) is 10.5.